The fraction of sp³-hybridized carbons (Fsp3) is 0.941. The normalized spacial score (nSPS) is 19.1. The number of ether oxygens (including phenoxy) is 1. The van der Waals surface area contributed by atoms with E-state index in [4.69, 9.17) is 4.74 Å². The summed E-state index contributed by atoms with van der Waals surface area (Å²) in [5.74, 6) is 1.91. The van der Waals surface area contributed by atoms with Crippen molar-refractivity contribution < 1.29 is 4.74 Å². The van der Waals surface area contributed by atoms with Crippen LogP contribution in [0.4, 0.5) is 0 Å². The van der Waals surface area contributed by atoms with Crippen LogP contribution in [-0.2, 0) is 4.74 Å². The van der Waals surface area contributed by atoms with Gasteiger partial charge in [0, 0.05) is 6.42 Å². The SMILES string of the molecule is CCC(C)CCCCCCCCC1=NC(C)(C)CO1. The Kier molecular flexibility index (Phi) is 7.48. The predicted molar refractivity (Wildman–Crippen MR) is 83.9 cm³/mol. The second-order valence-corrected chi connectivity index (χ2v) is 6.78. The van der Waals surface area contributed by atoms with E-state index in [-0.39, 0.29) is 5.54 Å². The topological polar surface area (TPSA) is 21.6 Å². The van der Waals surface area contributed by atoms with E-state index in [0.29, 0.717) is 0 Å². The first-order valence-corrected chi connectivity index (χ1v) is 8.25. The van der Waals surface area contributed by atoms with Gasteiger partial charge in [-0.25, -0.2) is 4.99 Å². The number of unbranched alkanes of at least 4 members (excludes halogenated alkanes) is 5. The Morgan fingerprint density at radius 1 is 1.11 bits per heavy atom. The Labute approximate surface area is 120 Å². The van der Waals surface area contributed by atoms with Crippen molar-refractivity contribution >= 4 is 5.90 Å². The third-order valence-electron chi connectivity index (χ3n) is 4.05. The molecule has 112 valence electrons. The number of hydrogen-bond acceptors (Lipinski definition) is 2. The lowest BCUT2D eigenvalue weighted by Gasteiger charge is -2.07. The maximum absolute atomic E-state index is 5.60. The van der Waals surface area contributed by atoms with Crippen molar-refractivity contribution in [3.05, 3.63) is 0 Å². The Balaban J connectivity index is 1.89. The van der Waals surface area contributed by atoms with E-state index in [1.165, 1.54) is 51.4 Å². The standard InChI is InChI=1S/C17H33NO/c1-5-15(2)12-10-8-6-7-9-11-13-16-18-17(3,4)14-19-16/h15H,5-14H2,1-4H3. The monoisotopic (exact) mass is 267 g/mol. The third-order valence-corrected chi connectivity index (χ3v) is 4.05. The Morgan fingerprint density at radius 2 is 1.74 bits per heavy atom. The van der Waals surface area contributed by atoms with E-state index in [9.17, 15) is 0 Å². The van der Waals surface area contributed by atoms with E-state index in [1.54, 1.807) is 0 Å². The lowest BCUT2D eigenvalue weighted by molar-refractivity contribution is 0.273. The molecule has 0 radical (unpaired) electrons. The molecule has 0 saturated heterocycles. The fourth-order valence-corrected chi connectivity index (χ4v) is 2.47. The molecule has 0 N–H and O–H groups in total. The van der Waals surface area contributed by atoms with Crippen molar-refractivity contribution in [2.24, 2.45) is 10.9 Å². The summed E-state index contributed by atoms with van der Waals surface area (Å²) in [7, 11) is 0. The quantitative estimate of drug-likeness (QED) is 0.488. The molecule has 2 nitrogen and oxygen atoms in total. The highest BCUT2D eigenvalue weighted by Gasteiger charge is 2.25. The molecule has 0 bridgehead atoms. The molecular weight excluding hydrogens is 234 g/mol. The summed E-state index contributed by atoms with van der Waals surface area (Å²) in [6.07, 6.45) is 11.9. The lowest BCUT2D eigenvalue weighted by atomic mass is 10.00. The minimum atomic E-state index is 0.0192. The molecule has 1 aliphatic heterocycles. The van der Waals surface area contributed by atoms with Crippen LogP contribution in [0.5, 0.6) is 0 Å². The van der Waals surface area contributed by atoms with E-state index < -0.39 is 0 Å². The van der Waals surface area contributed by atoms with Crippen molar-refractivity contribution in [2.45, 2.75) is 91.0 Å². The summed E-state index contributed by atoms with van der Waals surface area (Å²) < 4.78 is 5.60. The van der Waals surface area contributed by atoms with Gasteiger partial charge in [0.1, 0.15) is 6.61 Å². The van der Waals surface area contributed by atoms with Crippen molar-refractivity contribution in [2.75, 3.05) is 6.61 Å². The first-order valence-electron chi connectivity index (χ1n) is 8.25. The van der Waals surface area contributed by atoms with Crippen LogP contribution in [0.1, 0.15) is 85.5 Å². The molecule has 1 heterocycles. The minimum absolute atomic E-state index is 0.0192. The lowest BCUT2D eigenvalue weighted by Crippen LogP contribution is -2.17. The zero-order valence-corrected chi connectivity index (χ0v) is 13.5. The van der Waals surface area contributed by atoms with Gasteiger partial charge in [-0.15, -0.1) is 0 Å². The molecule has 0 fully saturated rings. The first-order chi connectivity index (χ1) is 9.03. The summed E-state index contributed by atoms with van der Waals surface area (Å²) in [4.78, 5) is 4.59. The molecule has 0 aliphatic carbocycles. The largest absolute Gasteiger partial charge is 0.478 e. The Bertz CT molecular complexity index is 270. The third kappa shape index (κ3) is 7.59. The smallest absolute Gasteiger partial charge is 0.183 e. The summed E-state index contributed by atoms with van der Waals surface area (Å²) >= 11 is 0. The summed E-state index contributed by atoms with van der Waals surface area (Å²) in [5.41, 5.74) is 0.0192. The average Bonchev–Trinajstić information content (AvgIpc) is 2.72. The zero-order valence-electron chi connectivity index (χ0n) is 13.5. The van der Waals surface area contributed by atoms with E-state index in [1.807, 2.05) is 0 Å². The van der Waals surface area contributed by atoms with Gasteiger partial charge in [-0.3, -0.25) is 0 Å². The molecule has 0 spiro atoms. The van der Waals surface area contributed by atoms with Gasteiger partial charge < -0.3 is 4.74 Å². The van der Waals surface area contributed by atoms with Gasteiger partial charge >= 0.3 is 0 Å². The molecule has 0 amide bonds. The van der Waals surface area contributed by atoms with Gasteiger partial charge in [0.25, 0.3) is 0 Å². The molecular formula is C17H33NO. The van der Waals surface area contributed by atoms with Crippen LogP contribution < -0.4 is 0 Å². The van der Waals surface area contributed by atoms with Crippen LogP contribution >= 0.6 is 0 Å². The van der Waals surface area contributed by atoms with Gasteiger partial charge in [0.05, 0.1) is 5.54 Å². The van der Waals surface area contributed by atoms with Gasteiger partial charge in [0.2, 0.25) is 0 Å². The van der Waals surface area contributed by atoms with E-state index in [0.717, 1.165) is 24.8 Å². The average molecular weight is 267 g/mol. The van der Waals surface area contributed by atoms with Crippen LogP contribution in [0.15, 0.2) is 4.99 Å². The number of nitrogens with zero attached hydrogens (tertiary/aromatic N) is 1. The first kappa shape index (κ1) is 16.5. The summed E-state index contributed by atoms with van der Waals surface area (Å²) in [5, 5.41) is 0. The maximum atomic E-state index is 5.60. The summed E-state index contributed by atoms with van der Waals surface area (Å²) in [6, 6.07) is 0. The fourth-order valence-electron chi connectivity index (χ4n) is 2.47. The van der Waals surface area contributed by atoms with Gasteiger partial charge in [0.15, 0.2) is 5.90 Å². The highest BCUT2D eigenvalue weighted by atomic mass is 16.5. The molecule has 0 aromatic rings. The second-order valence-electron chi connectivity index (χ2n) is 6.78. The molecule has 19 heavy (non-hydrogen) atoms. The van der Waals surface area contributed by atoms with Gasteiger partial charge in [-0.2, -0.15) is 0 Å². The highest BCUT2D eigenvalue weighted by molar-refractivity contribution is 5.78. The molecule has 0 saturated carbocycles. The van der Waals surface area contributed by atoms with Crippen LogP contribution in [0, 0.1) is 5.92 Å². The van der Waals surface area contributed by atoms with Crippen LogP contribution in [0.3, 0.4) is 0 Å². The van der Waals surface area contributed by atoms with Crippen LogP contribution in [-0.4, -0.2) is 18.0 Å². The molecule has 0 aromatic carbocycles. The predicted octanol–water partition coefficient (Wildman–Crippen LogP) is 5.36. The van der Waals surface area contributed by atoms with E-state index in [2.05, 4.69) is 32.7 Å². The van der Waals surface area contributed by atoms with Gasteiger partial charge in [-0.05, 0) is 26.2 Å². The second kappa shape index (κ2) is 8.60. The minimum Gasteiger partial charge on any atom is -0.478 e. The maximum Gasteiger partial charge on any atom is 0.183 e. The molecule has 1 rings (SSSR count). The number of rotatable bonds is 10. The molecule has 2 heteroatoms. The van der Waals surface area contributed by atoms with Crippen molar-refractivity contribution in [3.8, 4) is 0 Å². The molecule has 1 unspecified atom stereocenters. The molecule has 1 atom stereocenters. The highest BCUT2D eigenvalue weighted by Crippen LogP contribution is 2.20. The van der Waals surface area contributed by atoms with Crippen molar-refractivity contribution in [1.82, 2.24) is 0 Å². The molecule has 0 aromatic heterocycles. The van der Waals surface area contributed by atoms with Crippen LogP contribution in [0.2, 0.25) is 0 Å². The van der Waals surface area contributed by atoms with E-state index >= 15 is 0 Å². The Morgan fingerprint density at radius 3 is 2.32 bits per heavy atom. The Hall–Kier alpha value is -0.530. The van der Waals surface area contributed by atoms with Crippen LogP contribution in [0.25, 0.3) is 0 Å². The molecule has 1 aliphatic rings. The zero-order chi connectivity index (χ0) is 14.1. The van der Waals surface area contributed by atoms with Gasteiger partial charge in [-0.1, -0.05) is 58.8 Å². The summed E-state index contributed by atoms with van der Waals surface area (Å²) in [6.45, 7) is 9.69. The number of aliphatic imine (C=N–C) groups is 1. The van der Waals surface area contributed by atoms with Crippen molar-refractivity contribution in [1.29, 1.82) is 0 Å². The number of hydrogen-bond donors (Lipinski definition) is 0. The van der Waals surface area contributed by atoms with Crippen molar-refractivity contribution in [3.63, 3.8) is 0 Å².